The number of sulfonamides is 1. The average Bonchev–Trinajstić information content (AvgIpc) is 2.78. The number of ether oxygens (including phenoxy) is 1. The number of aromatic amines is 1. The highest BCUT2D eigenvalue weighted by molar-refractivity contribution is 7.89. The van der Waals surface area contributed by atoms with Crippen molar-refractivity contribution in [3.63, 3.8) is 0 Å². The third kappa shape index (κ3) is 3.96. The molecule has 0 atom stereocenters. The molecule has 0 bridgehead atoms. The highest BCUT2D eigenvalue weighted by Gasteiger charge is 2.33. The molecule has 1 aliphatic rings. The molecule has 0 radical (unpaired) electrons. The van der Waals surface area contributed by atoms with Crippen LogP contribution in [0, 0.1) is 0 Å². The molecule has 0 amide bonds. The van der Waals surface area contributed by atoms with Crippen molar-refractivity contribution in [1.29, 1.82) is 0 Å². The van der Waals surface area contributed by atoms with E-state index in [9.17, 15) is 13.2 Å². The van der Waals surface area contributed by atoms with E-state index in [0.29, 0.717) is 29.2 Å². The van der Waals surface area contributed by atoms with E-state index in [2.05, 4.69) is 19.9 Å². The van der Waals surface area contributed by atoms with E-state index in [1.54, 1.807) is 12.1 Å². The SMILES string of the molecule is COc1ccc(C(C)C)cc1S(=O)(=O)N1CCc2nc(-c3cnccn3)[nH]c(=O)c2C1. The second-order valence-electron chi connectivity index (χ2n) is 7.58. The van der Waals surface area contributed by atoms with Gasteiger partial charge in [0, 0.05) is 31.9 Å². The standard InChI is InChI=1S/C21H23N5O4S/c1-13(2)14-4-5-18(30-3)19(10-14)31(28,29)26-9-6-16-15(12-26)21(27)25-20(24-16)17-11-22-7-8-23-17/h4-5,7-8,10-11,13H,6,9,12H2,1-3H3,(H,24,25,27). The summed E-state index contributed by atoms with van der Waals surface area (Å²) >= 11 is 0. The summed E-state index contributed by atoms with van der Waals surface area (Å²) in [6.07, 6.45) is 4.88. The van der Waals surface area contributed by atoms with Crippen molar-refractivity contribution in [2.75, 3.05) is 13.7 Å². The molecule has 4 rings (SSSR count). The van der Waals surface area contributed by atoms with Gasteiger partial charge in [-0.3, -0.25) is 9.78 Å². The lowest BCUT2D eigenvalue weighted by molar-refractivity contribution is 0.374. The molecule has 0 saturated carbocycles. The van der Waals surface area contributed by atoms with Crippen LogP contribution in [0.1, 0.15) is 36.6 Å². The van der Waals surface area contributed by atoms with Crippen LogP contribution in [-0.2, 0) is 23.0 Å². The molecule has 0 aliphatic carbocycles. The summed E-state index contributed by atoms with van der Waals surface area (Å²) in [6.45, 7) is 4.14. The lowest BCUT2D eigenvalue weighted by Crippen LogP contribution is -2.39. The Morgan fingerprint density at radius 1 is 1.23 bits per heavy atom. The zero-order valence-corrected chi connectivity index (χ0v) is 18.3. The first kappa shape index (κ1) is 21.1. The Bertz CT molecular complexity index is 1270. The van der Waals surface area contributed by atoms with Gasteiger partial charge in [0.05, 0.1) is 24.6 Å². The molecule has 3 aromatic rings. The molecule has 1 aromatic carbocycles. The fourth-order valence-electron chi connectivity index (χ4n) is 3.54. The minimum absolute atomic E-state index is 0.0597. The summed E-state index contributed by atoms with van der Waals surface area (Å²) in [7, 11) is -2.44. The van der Waals surface area contributed by atoms with E-state index in [1.807, 2.05) is 19.9 Å². The van der Waals surface area contributed by atoms with Crippen LogP contribution in [0.3, 0.4) is 0 Å². The van der Waals surface area contributed by atoms with Gasteiger partial charge in [0.2, 0.25) is 10.0 Å². The van der Waals surface area contributed by atoms with Crippen molar-refractivity contribution in [3.8, 4) is 17.3 Å². The van der Waals surface area contributed by atoms with E-state index in [-0.39, 0.29) is 35.2 Å². The molecule has 3 heterocycles. The molecule has 1 aliphatic heterocycles. The molecule has 1 N–H and O–H groups in total. The number of rotatable bonds is 5. The highest BCUT2D eigenvalue weighted by atomic mass is 32.2. The minimum atomic E-state index is -3.88. The van der Waals surface area contributed by atoms with Gasteiger partial charge in [0.15, 0.2) is 5.82 Å². The number of H-pyrrole nitrogens is 1. The van der Waals surface area contributed by atoms with Crippen LogP contribution in [0.5, 0.6) is 5.75 Å². The van der Waals surface area contributed by atoms with E-state index in [1.165, 1.54) is 30.0 Å². The predicted octanol–water partition coefficient (Wildman–Crippen LogP) is 2.11. The molecule has 9 nitrogen and oxygen atoms in total. The molecule has 0 unspecified atom stereocenters. The number of nitrogens with zero attached hydrogens (tertiary/aromatic N) is 4. The molecule has 10 heteroatoms. The van der Waals surface area contributed by atoms with Gasteiger partial charge in [0.25, 0.3) is 5.56 Å². The van der Waals surface area contributed by atoms with Crippen molar-refractivity contribution >= 4 is 10.0 Å². The van der Waals surface area contributed by atoms with Crippen LogP contribution in [-0.4, -0.2) is 46.3 Å². The first-order chi connectivity index (χ1) is 14.8. The molecular formula is C21H23N5O4S. The van der Waals surface area contributed by atoms with Crippen LogP contribution in [0.2, 0.25) is 0 Å². The van der Waals surface area contributed by atoms with Crippen molar-refractivity contribution in [3.05, 3.63) is 64.0 Å². The normalized spacial score (nSPS) is 14.5. The highest BCUT2D eigenvalue weighted by Crippen LogP contribution is 2.32. The Morgan fingerprint density at radius 2 is 2.03 bits per heavy atom. The summed E-state index contributed by atoms with van der Waals surface area (Å²) in [4.78, 5) is 28.2. The molecule has 2 aromatic heterocycles. The summed E-state index contributed by atoms with van der Waals surface area (Å²) in [5, 5.41) is 0. The number of aromatic nitrogens is 4. The first-order valence-corrected chi connectivity index (χ1v) is 11.3. The van der Waals surface area contributed by atoms with Gasteiger partial charge in [0.1, 0.15) is 16.3 Å². The Kier molecular flexibility index (Phi) is 5.59. The van der Waals surface area contributed by atoms with Gasteiger partial charge in [-0.1, -0.05) is 19.9 Å². The quantitative estimate of drug-likeness (QED) is 0.644. The molecular weight excluding hydrogens is 418 g/mol. The number of benzene rings is 1. The summed E-state index contributed by atoms with van der Waals surface area (Å²) in [6, 6.07) is 5.17. The van der Waals surface area contributed by atoms with Gasteiger partial charge in [-0.05, 0) is 23.6 Å². The average molecular weight is 442 g/mol. The smallest absolute Gasteiger partial charge is 0.256 e. The zero-order valence-electron chi connectivity index (χ0n) is 17.5. The van der Waals surface area contributed by atoms with Crippen LogP contribution < -0.4 is 10.3 Å². The van der Waals surface area contributed by atoms with E-state index in [4.69, 9.17) is 4.74 Å². The van der Waals surface area contributed by atoms with Crippen LogP contribution in [0.15, 0.2) is 46.5 Å². The van der Waals surface area contributed by atoms with Gasteiger partial charge >= 0.3 is 0 Å². The second-order valence-corrected chi connectivity index (χ2v) is 9.49. The van der Waals surface area contributed by atoms with Gasteiger partial charge in [-0.25, -0.2) is 18.4 Å². The number of nitrogens with one attached hydrogen (secondary N) is 1. The Hall–Kier alpha value is -3.11. The summed E-state index contributed by atoms with van der Waals surface area (Å²) in [5.74, 6) is 0.758. The Balaban J connectivity index is 1.71. The maximum atomic E-state index is 13.4. The van der Waals surface area contributed by atoms with Crippen LogP contribution in [0.25, 0.3) is 11.5 Å². The number of methoxy groups -OCH3 is 1. The summed E-state index contributed by atoms with van der Waals surface area (Å²) < 4.78 is 33.5. The Morgan fingerprint density at radius 3 is 2.71 bits per heavy atom. The monoisotopic (exact) mass is 441 g/mol. The fraction of sp³-hybridized carbons (Fsp3) is 0.333. The van der Waals surface area contributed by atoms with Crippen molar-refractivity contribution < 1.29 is 13.2 Å². The number of hydrogen-bond acceptors (Lipinski definition) is 7. The van der Waals surface area contributed by atoms with E-state index < -0.39 is 10.0 Å². The molecule has 0 fully saturated rings. The fourth-order valence-corrected chi connectivity index (χ4v) is 5.14. The zero-order chi connectivity index (χ0) is 22.2. The van der Waals surface area contributed by atoms with Gasteiger partial charge < -0.3 is 9.72 Å². The van der Waals surface area contributed by atoms with E-state index >= 15 is 0 Å². The molecule has 31 heavy (non-hydrogen) atoms. The molecule has 0 spiro atoms. The van der Waals surface area contributed by atoms with E-state index in [0.717, 1.165) is 5.56 Å². The molecule has 0 saturated heterocycles. The lowest BCUT2D eigenvalue weighted by atomic mass is 10.0. The predicted molar refractivity (Wildman–Crippen MR) is 114 cm³/mol. The van der Waals surface area contributed by atoms with Crippen LogP contribution in [0.4, 0.5) is 0 Å². The topological polar surface area (TPSA) is 118 Å². The molecule has 162 valence electrons. The minimum Gasteiger partial charge on any atom is -0.495 e. The lowest BCUT2D eigenvalue weighted by Gasteiger charge is -2.28. The van der Waals surface area contributed by atoms with Gasteiger partial charge in [-0.15, -0.1) is 0 Å². The number of fused-ring (bicyclic) bond motifs is 1. The maximum absolute atomic E-state index is 13.4. The van der Waals surface area contributed by atoms with Gasteiger partial charge in [-0.2, -0.15) is 4.31 Å². The largest absolute Gasteiger partial charge is 0.495 e. The van der Waals surface area contributed by atoms with Crippen molar-refractivity contribution in [2.24, 2.45) is 0 Å². The first-order valence-electron chi connectivity index (χ1n) is 9.87. The summed E-state index contributed by atoms with van der Waals surface area (Å²) in [5.41, 5.74) is 1.87. The van der Waals surface area contributed by atoms with Crippen molar-refractivity contribution in [1.82, 2.24) is 24.2 Å². The van der Waals surface area contributed by atoms with Crippen LogP contribution >= 0.6 is 0 Å². The second kappa shape index (κ2) is 8.20. The number of hydrogen-bond donors (Lipinski definition) is 1. The third-order valence-corrected chi connectivity index (χ3v) is 7.18. The Labute approximate surface area is 180 Å². The maximum Gasteiger partial charge on any atom is 0.256 e. The third-order valence-electron chi connectivity index (χ3n) is 5.31. The van der Waals surface area contributed by atoms with Crippen molar-refractivity contribution in [2.45, 2.75) is 37.6 Å².